The lowest BCUT2D eigenvalue weighted by molar-refractivity contribution is 0.591. The number of hydrogen-bond acceptors (Lipinski definition) is 1. The molecule has 0 saturated heterocycles. The van der Waals surface area contributed by atoms with Crippen molar-refractivity contribution in [3.05, 3.63) is 168 Å². The molecule has 9 aromatic carbocycles. The van der Waals surface area contributed by atoms with Crippen LogP contribution >= 0.6 is 11.8 Å². The zero-order valence-electron chi connectivity index (χ0n) is 32.7. The Bertz CT molecular complexity index is 3100. The minimum absolute atomic E-state index is 0.0900. The number of rotatable bonds is 3. The van der Waals surface area contributed by atoms with E-state index >= 15 is 0 Å². The molecule has 0 radical (unpaired) electrons. The zero-order chi connectivity index (χ0) is 38.0. The predicted octanol–water partition coefficient (Wildman–Crippen LogP) is 14.2. The number of hydrogen-bond donors (Lipinski definition) is 0. The molecule has 10 rings (SSSR count). The van der Waals surface area contributed by atoms with E-state index in [0.717, 1.165) is 6.42 Å². The maximum Gasteiger partial charge on any atom is 0.0207 e. The van der Waals surface area contributed by atoms with Gasteiger partial charge >= 0.3 is 0 Å². The summed E-state index contributed by atoms with van der Waals surface area (Å²) in [5.74, 6) is 1.19. The first-order chi connectivity index (χ1) is 27.3. The minimum Gasteiger partial charge on any atom is -0.155 e. The maximum atomic E-state index is 2.54. The highest BCUT2D eigenvalue weighted by molar-refractivity contribution is 8.00. The molecule has 9 aromatic rings. The molecule has 0 N–H and O–H groups in total. The molecule has 0 saturated carbocycles. The molecule has 1 heterocycles. The third-order valence-corrected chi connectivity index (χ3v) is 13.2. The van der Waals surface area contributed by atoms with Crippen LogP contribution in [-0.4, -0.2) is 11.0 Å². The Morgan fingerprint density at radius 1 is 0.429 bits per heavy atom. The van der Waals surface area contributed by atoms with Crippen LogP contribution in [0, 0.1) is 0 Å². The lowest BCUT2D eigenvalue weighted by atomic mass is 9.84. The molecule has 0 aromatic heterocycles. The molecule has 0 amide bonds. The molecule has 1 unspecified atom stereocenters. The van der Waals surface area contributed by atoms with Crippen molar-refractivity contribution < 1.29 is 0 Å². The van der Waals surface area contributed by atoms with Gasteiger partial charge in [0.25, 0.3) is 0 Å². The Morgan fingerprint density at radius 3 is 1.43 bits per heavy atom. The van der Waals surface area contributed by atoms with E-state index in [9.17, 15) is 0 Å². The van der Waals surface area contributed by atoms with Crippen molar-refractivity contribution in [2.75, 3.05) is 5.75 Å². The summed E-state index contributed by atoms with van der Waals surface area (Å²) in [5.41, 5.74) is 8.90. The fourth-order valence-corrected chi connectivity index (χ4v) is 10.0. The summed E-state index contributed by atoms with van der Waals surface area (Å²) >= 11 is 2.08. The van der Waals surface area contributed by atoms with Crippen molar-refractivity contribution in [3.63, 3.8) is 0 Å². The molecular formula is C55H46S. The molecule has 0 fully saturated rings. The van der Waals surface area contributed by atoms with Gasteiger partial charge in [-0.2, -0.15) is 11.8 Å². The summed E-state index contributed by atoms with van der Waals surface area (Å²) in [7, 11) is 0. The van der Waals surface area contributed by atoms with E-state index in [-0.39, 0.29) is 5.41 Å². The quantitative estimate of drug-likeness (QED) is 0.163. The summed E-state index contributed by atoms with van der Waals surface area (Å²) in [6.45, 7) is 9.33. The van der Waals surface area contributed by atoms with Crippen molar-refractivity contribution in [3.8, 4) is 33.4 Å². The summed E-state index contributed by atoms with van der Waals surface area (Å²) in [4.78, 5) is 0. The molecule has 0 nitrogen and oxygen atoms in total. The zero-order valence-corrected chi connectivity index (χ0v) is 33.5. The lowest BCUT2D eigenvalue weighted by Gasteiger charge is -2.20. The van der Waals surface area contributed by atoms with Gasteiger partial charge in [0.05, 0.1) is 0 Å². The fourth-order valence-electron chi connectivity index (χ4n) is 9.07. The molecule has 272 valence electrons. The van der Waals surface area contributed by atoms with Gasteiger partial charge in [0.2, 0.25) is 0 Å². The van der Waals surface area contributed by atoms with Gasteiger partial charge in [-0.3, -0.25) is 0 Å². The van der Waals surface area contributed by atoms with Crippen molar-refractivity contribution in [2.45, 2.75) is 51.2 Å². The highest BCUT2D eigenvalue weighted by Gasteiger charge is 2.17. The Hall–Kier alpha value is -5.63. The van der Waals surface area contributed by atoms with E-state index in [2.05, 4.69) is 203 Å². The van der Waals surface area contributed by atoms with Gasteiger partial charge < -0.3 is 0 Å². The van der Waals surface area contributed by atoms with Gasteiger partial charge in [-0.05, 0) is 165 Å². The standard InChI is InChI=1S/C55H46S/c1-35-29-51-47(21-9-10-28-56-35)53-33-41(23-26-49(53)50-27-24-42(34-54(50)51)55(2,3)4)39-16-12-14-37(31-39)36-13-11-15-38(30-36)40-22-25-48-45-19-6-5-17-43(45)44-18-7-8-20-46(44)52(48)32-40/h5-8,11-27,29-35H,9-10,28H2,1-4H3. The van der Waals surface area contributed by atoms with Crippen LogP contribution in [0.15, 0.2) is 152 Å². The van der Waals surface area contributed by atoms with Crippen molar-refractivity contribution in [1.29, 1.82) is 0 Å². The van der Waals surface area contributed by atoms with Gasteiger partial charge in [0, 0.05) is 5.25 Å². The van der Waals surface area contributed by atoms with Gasteiger partial charge in [0.1, 0.15) is 0 Å². The average Bonchev–Trinajstić information content (AvgIpc) is 3.33. The van der Waals surface area contributed by atoms with Crippen LogP contribution in [0.3, 0.4) is 0 Å². The summed E-state index contributed by atoms with van der Waals surface area (Å²) in [6.07, 6.45) is 7.37. The maximum absolute atomic E-state index is 2.54. The van der Waals surface area contributed by atoms with E-state index in [1.165, 1.54) is 115 Å². The highest BCUT2D eigenvalue weighted by Crippen LogP contribution is 2.38. The Balaban J connectivity index is 1.09. The second-order valence-corrected chi connectivity index (χ2v) is 18.2. The van der Waals surface area contributed by atoms with E-state index in [1.54, 1.807) is 0 Å². The summed E-state index contributed by atoms with van der Waals surface area (Å²) in [6, 6.07) is 57.2. The van der Waals surface area contributed by atoms with Crippen LogP contribution in [0.5, 0.6) is 0 Å². The first kappa shape index (κ1) is 34.8. The van der Waals surface area contributed by atoms with E-state index in [4.69, 9.17) is 0 Å². The predicted molar refractivity (Wildman–Crippen MR) is 248 cm³/mol. The largest absolute Gasteiger partial charge is 0.155 e. The van der Waals surface area contributed by atoms with Crippen molar-refractivity contribution in [1.82, 2.24) is 0 Å². The SMILES string of the molecule is CC1C=c2c(c3cc(-c4cccc(-c5cccc(-c6ccc7c8ccccc8c8ccccc8c7c6)c5)c4)ccc3c3ccc(C(C)(C)C)cc23)=CCCCS1. The molecule has 0 bridgehead atoms. The minimum atomic E-state index is 0.0900. The first-order valence-electron chi connectivity index (χ1n) is 20.2. The monoisotopic (exact) mass is 738 g/mol. The first-order valence-corrected chi connectivity index (χ1v) is 21.2. The highest BCUT2D eigenvalue weighted by atomic mass is 32.2. The third-order valence-electron chi connectivity index (χ3n) is 12.0. The molecule has 0 aliphatic carbocycles. The Morgan fingerprint density at radius 2 is 0.875 bits per heavy atom. The smallest absolute Gasteiger partial charge is 0.0207 e. The fraction of sp³-hybridized carbons (Fsp3) is 0.164. The van der Waals surface area contributed by atoms with E-state index in [0.29, 0.717) is 5.25 Å². The van der Waals surface area contributed by atoms with Crippen LogP contribution in [0.4, 0.5) is 0 Å². The Labute approximate surface area is 334 Å². The lowest BCUT2D eigenvalue weighted by Crippen LogP contribution is -2.28. The topological polar surface area (TPSA) is 0 Å². The molecule has 1 atom stereocenters. The van der Waals surface area contributed by atoms with E-state index in [1.807, 2.05) is 0 Å². The van der Waals surface area contributed by atoms with Gasteiger partial charge in [0.15, 0.2) is 0 Å². The molecule has 1 aliphatic rings. The molecule has 0 spiro atoms. The number of thioether (sulfide) groups is 1. The van der Waals surface area contributed by atoms with Gasteiger partial charge in [-0.1, -0.05) is 154 Å². The summed E-state index contributed by atoms with van der Waals surface area (Å²) in [5, 5.41) is 16.5. The van der Waals surface area contributed by atoms with Crippen LogP contribution < -0.4 is 10.4 Å². The second kappa shape index (κ2) is 13.8. The Kier molecular flexibility index (Phi) is 8.61. The molecular weight excluding hydrogens is 693 g/mol. The normalized spacial score (nSPS) is 15.0. The van der Waals surface area contributed by atoms with Crippen LogP contribution in [0.2, 0.25) is 0 Å². The number of fused-ring (bicyclic) bond motifs is 12. The third kappa shape index (κ3) is 6.10. The number of benzene rings is 9. The second-order valence-electron chi connectivity index (χ2n) is 16.7. The van der Waals surface area contributed by atoms with Crippen LogP contribution in [-0.2, 0) is 5.41 Å². The molecule has 1 aliphatic heterocycles. The van der Waals surface area contributed by atoms with Crippen LogP contribution in [0.1, 0.15) is 46.1 Å². The van der Waals surface area contributed by atoms with E-state index < -0.39 is 0 Å². The van der Waals surface area contributed by atoms with Gasteiger partial charge in [-0.25, -0.2) is 0 Å². The molecule has 1 heteroatoms. The average molecular weight is 739 g/mol. The summed E-state index contributed by atoms with van der Waals surface area (Å²) < 4.78 is 0. The van der Waals surface area contributed by atoms with Crippen molar-refractivity contribution in [2.24, 2.45) is 0 Å². The van der Waals surface area contributed by atoms with Crippen LogP contribution in [0.25, 0.3) is 99.4 Å². The van der Waals surface area contributed by atoms with Crippen molar-refractivity contribution >= 4 is 77.8 Å². The molecule has 56 heavy (non-hydrogen) atoms. The van der Waals surface area contributed by atoms with Gasteiger partial charge in [-0.15, -0.1) is 0 Å².